The molecule has 0 radical (unpaired) electrons. The van der Waals surface area contributed by atoms with Gasteiger partial charge in [-0.15, -0.1) is 0 Å². The molecule has 138 valence electrons. The standard InChI is InChI=1S/C21H27N3O2/c1-15(21(25)23-19-10-6-7-11-20(19)26-2)24-13-17(12-22)18(14-24)16-8-4-3-5-9-16/h3-11,15,17-18H,12-14,22H2,1-2H3,(H,23,25)/t15?,17-,18+/m1/s1. The molecule has 2 aromatic carbocycles. The van der Waals surface area contributed by atoms with E-state index in [-0.39, 0.29) is 11.9 Å². The van der Waals surface area contributed by atoms with Crippen molar-refractivity contribution < 1.29 is 9.53 Å². The first-order valence-corrected chi connectivity index (χ1v) is 9.07. The van der Waals surface area contributed by atoms with E-state index in [4.69, 9.17) is 10.5 Å². The quantitative estimate of drug-likeness (QED) is 0.838. The van der Waals surface area contributed by atoms with Gasteiger partial charge < -0.3 is 15.8 Å². The van der Waals surface area contributed by atoms with Crippen molar-refractivity contribution >= 4 is 11.6 Å². The van der Waals surface area contributed by atoms with Crippen LogP contribution in [0.25, 0.3) is 0 Å². The number of benzene rings is 2. The molecule has 1 fully saturated rings. The van der Waals surface area contributed by atoms with Crippen LogP contribution in [0.5, 0.6) is 5.75 Å². The average Bonchev–Trinajstić information content (AvgIpc) is 3.13. The fourth-order valence-electron chi connectivity index (χ4n) is 3.69. The Morgan fingerprint density at radius 1 is 1.19 bits per heavy atom. The number of hydrogen-bond donors (Lipinski definition) is 2. The van der Waals surface area contributed by atoms with Gasteiger partial charge in [-0.1, -0.05) is 42.5 Å². The second kappa shape index (κ2) is 8.34. The predicted molar refractivity (Wildman–Crippen MR) is 104 cm³/mol. The summed E-state index contributed by atoms with van der Waals surface area (Å²) in [4.78, 5) is 15.0. The van der Waals surface area contributed by atoms with E-state index in [1.807, 2.05) is 37.3 Å². The van der Waals surface area contributed by atoms with Crippen LogP contribution in [0.2, 0.25) is 0 Å². The first-order chi connectivity index (χ1) is 12.6. The smallest absolute Gasteiger partial charge is 0.241 e. The highest BCUT2D eigenvalue weighted by atomic mass is 16.5. The van der Waals surface area contributed by atoms with E-state index in [1.54, 1.807) is 7.11 Å². The lowest BCUT2D eigenvalue weighted by molar-refractivity contribution is -0.120. The number of hydrogen-bond acceptors (Lipinski definition) is 4. The molecule has 5 nitrogen and oxygen atoms in total. The first-order valence-electron chi connectivity index (χ1n) is 9.07. The van der Waals surface area contributed by atoms with Gasteiger partial charge >= 0.3 is 0 Å². The summed E-state index contributed by atoms with van der Waals surface area (Å²) in [6.07, 6.45) is 0. The Morgan fingerprint density at radius 3 is 2.58 bits per heavy atom. The van der Waals surface area contributed by atoms with Crippen LogP contribution in [0.3, 0.4) is 0 Å². The lowest BCUT2D eigenvalue weighted by Gasteiger charge is -2.24. The van der Waals surface area contributed by atoms with E-state index in [1.165, 1.54) is 5.56 Å². The Labute approximate surface area is 155 Å². The molecule has 1 aliphatic heterocycles. The molecule has 1 heterocycles. The molecular weight excluding hydrogens is 326 g/mol. The second-order valence-electron chi connectivity index (χ2n) is 6.83. The molecule has 0 spiro atoms. The van der Waals surface area contributed by atoms with E-state index in [2.05, 4.69) is 34.5 Å². The Kier molecular flexibility index (Phi) is 5.91. The highest BCUT2D eigenvalue weighted by Crippen LogP contribution is 2.33. The van der Waals surface area contributed by atoms with E-state index in [0.717, 1.165) is 13.1 Å². The molecule has 0 aliphatic carbocycles. The molecule has 1 saturated heterocycles. The van der Waals surface area contributed by atoms with Crippen LogP contribution >= 0.6 is 0 Å². The number of amides is 1. The Bertz CT molecular complexity index is 735. The second-order valence-corrected chi connectivity index (χ2v) is 6.83. The zero-order valence-corrected chi connectivity index (χ0v) is 15.4. The van der Waals surface area contributed by atoms with Gasteiger partial charge in [0.25, 0.3) is 0 Å². The van der Waals surface area contributed by atoms with Gasteiger partial charge in [0, 0.05) is 19.0 Å². The third kappa shape index (κ3) is 3.89. The van der Waals surface area contributed by atoms with E-state index < -0.39 is 0 Å². The van der Waals surface area contributed by atoms with Crippen LogP contribution in [-0.2, 0) is 4.79 Å². The number of carbonyl (C=O) groups is 1. The molecule has 1 amide bonds. The average molecular weight is 353 g/mol. The van der Waals surface area contributed by atoms with Gasteiger partial charge in [-0.25, -0.2) is 0 Å². The number of para-hydroxylation sites is 2. The normalized spacial score (nSPS) is 21.3. The Balaban J connectivity index is 1.69. The van der Waals surface area contributed by atoms with Crippen LogP contribution in [0, 0.1) is 5.92 Å². The summed E-state index contributed by atoms with van der Waals surface area (Å²) < 4.78 is 5.32. The van der Waals surface area contributed by atoms with Crippen LogP contribution < -0.4 is 15.8 Å². The van der Waals surface area contributed by atoms with Crippen LogP contribution in [0.1, 0.15) is 18.4 Å². The zero-order chi connectivity index (χ0) is 18.5. The van der Waals surface area contributed by atoms with Crippen molar-refractivity contribution in [3.05, 3.63) is 60.2 Å². The summed E-state index contributed by atoms with van der Waals surface area (Å²) in [5.74, 6) is 1.36. The van der Waals surface area contributed by atoms with Crippen molar-refractivity contribution in [2.75, 3.05) is 32.1 Å². The molecule has 2 aromatic rings. The van der Waals surface area contributed by atoms with Crippen molar-refractivity contribution in [2.24, 2.45) is 11.7 Å². The maximum atomic E-state index is 12.8. The van der Waals surface area contributed by atoms with Crippen molar-refractivity contribution in [2.45, 2.75) is 18.9 Å². The van der Waals surface area contributed by atoms with Crippen molar-refractivity contribution in [3.63, 3.8) is 0 Å². The maximum absolute atomic E-state index is 12.8. The number of nitrogens with one attached hydrogen (secondary N) is 1. The monoisotopic (exact) mass is 353 g/mol. The third-order valence-electron chi connectivity index (χ3n) is 5.29. The molecule has 5 heteroatoms. The molecular formula is C21H27N3O2. The van der Waals surface area contributed by atoms with Crippen molar-refractivity contribution in [1.29, 1.82) is 0 Å². The minimum absolute atomic E-state index is 0.0287. The molecule has 26 heavy (non-hydrogen) atoms. The largest absolute Gasteiger partial charge is 0.495 e. The third-order valence-corrected chi connectivity index (χ3v) is 5.29. The Morgan fingerprint density at radius 2 is 1.88 bits per heavy atom. The minimum atomic E-state index is -0.234. The van der Waals surface area contributed by atoms with Gasteiger partial charge in [0.1, 0.15) is 5.75 Å². The molecule has 3 atom stereocenters. The Hall–Kier alpha value is -2.37. The van der Waals surface area contributed by atoms with E-state index in [9.17, 15) is 4.79 Å². The number of methoxy groups -OCH3 is 1. The molecule has 0 saturated carbocycles. The topological polar surface area (TPSA) is 67.6 Å². The summed E-state index contributed by atoms with van der Waals surface area (Å²) in [7, 11) is 1.60. The zero-order valence-electron chi connectivity index (χ0n) is 15.4. The number of anilines is 1. The number of rotatable bonds is 6. The highest BCUT2D eigenvalue weighted by molar-refractivity contribution is 5.95. The highest BCUT2D eigenvalue weighted by Gasteiger charge is 2.36. The van der Waals surface area contributed by atoms with E-state index >= 15 is 0 Å². The number of ether oxygens (including phenoxy) is 1. The number of nitrogens with zero attached hydrogens (tertiary/aromatic N) is 1. The lowest BCUT2D eigenvalue weighted by Crippen LogP contribution is -2.41. The first kappa shape index (κ1) is 18.4. The summed E-state index contributed by atoms with van der Waals surface area (Å²) in [6.45, 7) is 4.24. The molecule has 1 aliphatic rings. The summed E-state index contributed by atoms with van der Waals surface area (Å²) in [5, 5.41) is 2.99. The van der Waals surface area contributed by atoms with Gasteiger partial charge in [0.15, 0.2) is 0 Å². The molecule has 3 N–H and O–H groups in total. The summed E-state index contributed by atoms with van der Waals surface area (Å²) in [5.41, 5.74) is 8.01. The molecule has 3 rings (SSSR count). The van der Waals surface area contributed by atoms with E-state index in [0.29, 0.717) is 29.8 Å². The number of nitrogens with two attached hydrogens (primary N) is 1. The summed E-state index contributed by atoms with van der Waals surface area (Å²) in [6, 6.07) is 17.7. The van der Waals surface area contributed by atoms with Gasteiger partial charge in [0.05, 0.1) is 18.8 Å². The van der Waals surface area contributed by atoms with Gasteiger partial charge in [-0.05, 0) is 37.1 Å². The van der Waals surface area contributed by atoms with Gasteiger partial charge in [0.2, 0.25) is 5.91 Å². The SMILES string of the molecule is COc1ccccc1NC(=O)C(C)N1C[C@@H](CN)[C@H](c2ccccc2)C1. The number of carbonyl (C=O) groups excluding carboxylic acids is 1. The predicted octanol–water partition coefficient (Wildman–Crippen LogP) is 2.70. The van der Waals surface area contributed by atoms with Crippen LogP contribution in [0.15, 0.2) is 54.6 Å². The number of likely N-dealkylation sites (tertiary alicyclic amines) is 1. The lowest BCUT2D eigenvalue weighted by atomic mass is 9.89. The molecule has 1 unspecified atom stereocenters. The van der Waals surface area contributed by atoms with Gasteiger partial charge in [-0.3, -0.25) is 9.69 Å². The summed E-state index contributed by atoms with van der Waals surface area (Å²) >= 11 is 0. The van der Waals surface area contributed by atoms with Crippen LogP contribution in [0.4, 0.5) is 5.69 Å². The molecule has 0 bridgehead atoms. The fraction of sp³-hybridized carbons (Fsp3) is 0.381. The minimum Gasteiger partial charge on any atom is -0.495 e. The maximum Gasteiger partial charge on any atom is 0.241 e. The van der Waals surface area contributed by atoms with Gasteiger partial charge in [-0.2, -0.15) is 0 Å². The van der Waals surface area contributed by atoms with Crippen LogP contribution in [-0.4, -0.2) is 43.6 Å². The molecule has 0 aromatic heterocycles. The van der Waals surface area contributed by atoms with Crippen molar-refractivity contribution in [3.8, 4) is 5.75 Å². The fourth-order valence-corrected chi connectivity index (χ4v) is 3.69. The van der Waals surface area contributed by atoms with Crippen molar-refractivity contribution in [1.82, 2.24) is 4.90 Å².